The fourth-order valence-electron chi connectivity index (χ4n) is 1.39. The Kier molecular flexibility index (Phi) is 3.32. The Hall–Kier alpha value is -0.540. The lowest BCUT2D eigenvalue weighted by Crippen LogP contribution is -1.99. The molecule has 0 heterocycles. The molecule has 2 rings (SSSR count). The van der Waals surface area contributed by atoms with E-state index in [1.165, 1.54) is 12.8 Å². The molecule has 0 aliphatic heterocycles. The van der Waals surface area contributed by atoms with E-state index in [9.17, 15) is 4.39 Å². The molecule has 82 valence electrons. The Morgan fingerprint density at radius 3 is 2.80 bits per heavy atom. The number of halogens is 1. The molecule has 1 aliphatic rings. The maximum atomic E-state index is 13.6. The molecule has 1 aliphatic carbocycles. The van der Waals surface area contributed by atoms with Crippen molar-refractivity contribution >= 4 is 11.8 Å². The van der Waals surface area contributed by atoms with Gasteiger partial charge in [0.15, 0.2) is 0 Å². The van der Waals surface area contributed by atoms with E-state index in [1.807, 2.05) is 19.1 Å². The van der Waals surface area contributed by atoms with Crippen LogP contribution in [0.1, 0.15) is 31.2 Å². The first-order valence-corrected chi connectivity index (χ1v) is 6.15. The highest BCUT2D eigenvalue weighted by Gasteiger charge is 2.24. The Balaban J connectivity index is 2.13. The van der Waals surface area contributed by atoms with Crippen LogP contribution >= 0.6 is 11.8 Å². The fourth-order valence-corrected chi connectivity index (χ4v) is 2.44. The van der Waals surface area contributed by atoms with Crippen LogP contribution in [0.15, 0.2) is 23.1 Å². The highest BCUT2D eigenvalue weighted by molar-refractivity contribution is 8.00. The van der Waals surface area contributed by atoms with Crippen LogP contribution in [0, 0.1) is 5.82 Å². The predicted octanol–water partition coefficient (Wildman–Crippen LogP) is 3.18. The van der Waals surface area contributed by atoms with Crippen LogP contribution in [-0.4, -0.2) is 17.0 Å². The van der Waals surface area contributed by atoms with E-state index < -0.39 is 0 Å². The van der Waals surface area contributed by atoms with Crippen molar-refractivity contribution in [1.82, 2.24) is 0 Å². The standard InChI is InChI=1S/C12H15FOS/c1-8(7-14)9-2-5-12(11(13)6-9)15-10-3-4-10/h2,5-6,8,10,14H,3-4,7H2,1H3. The van der Waals surface area contributed by atoms with Crippen molar-refractivity contribution in [2.24, 2.45) is 0 Å². The molecule has 1 unspecified atom stereocenters. The predicted molar refractivity (Wildman–Crippen MR) is 60.8 cm³/mol. The quantitative estimate of drug-likeness (QED) is 0.851. The smallest absolute Gasteiger partial charge is 0.137 e. The molecule has 15 heavy (non-hydrogen) atoms. The Labute approximate surface area is 93.7 Å². The molecule has 0 aromatic heterocycles. The molecule has 1 aromatic rings. The number of benzene rings is 1. The van der Waals surface area contributed by atoms with Crippen molar-refractivity contribution in [2.75, 3.05) is 6.61 Å². The van der Waals surface area contributed by atoms with Crippen LogP contribution in [0.2, 0.25) is 0 Å². The second-order valence-electron chi connectivity index (χ2n) is 4.09. The average Bonchev–Trinajstić information content (AvgIpc) is 3.04. The van der Waals surface area contributed by atoms with Gasteiger partial charge in [-0.2, -0.15) is 0 Å². The van der Waals surface area contributed by atoms with E-state index in [-0.39, 0.29) is 18.3 Å². The summed E-state index contributed by atoms with van der Waals surface area (Å²) in [4.78, 5) is 0.742. The molecule has 0 saturated heterocycles. The van der Waals surface area contributed by atoms with E-state index in [0.717, 1.165) is 10.5 Å². The van der Waals surface area contributed by atoms with Gasteiger partial charge in [0, 0.05) is 22.7 Å². The lowest BCUT2D eigenvalue weighted by molar-refractivity contribution is 0.273. The topological polar surface area (TPSA) is 20.2 Å². The molecule has 1 fully saturated rings. The van der Waals surface area contributed by atoms with E-state index in [2.05, 4.69) is 0 Å². The van der Waals surface area contributed by atoms with Gasteiger partial charge in [0.1, 0.15) is 5.82 Å². The maximum absolute atomic E-state index is 13.6. The van der Waals surface area contributed by atoms with E-state index in [1.54, 1.807) is 17.8 Å². The van der Waals surface area contributed by atoms with Crippen molar-refractivity contribution in [3.8, 4) is 0 Å². The van der Waals surface area contributed by atoms with E-state index >= 15 is 0 Å². The molecular weight excluding hydrogens is 211 g/mol. The number of hydrogen-bond donors (Lipinski definition) is 1. The molecule has 0 spiro atoms. The molecular formula is C12H15FOS. The molecule has 0 bridgehead atoms. The third kappa shape index (κ3) is 2.73. The first-order chi connectivity index (χ1) is 7.20. The van der Waals surface area contributed by atoms with Crippen molar-refractivity contribution < 1.29 is 9.50 Å². The van der Waals surface area contributed by atoms with Crippen molar-refractivity contribution in [3.63, 3.8) is 0 Å². The minimum atomic E-state index is -0.148. The maximum Gasteiger partial charge on any atom is 0.137 e. The van der Waals surface area contributed by atoms with Gasteiger partial charge < -0.3 is 5.11 Å². The van der Waals surface area contributed by atoms with Crippen LogP contribution in [0.3, 0.4) is 0 Å². The monoisotopic (exact) mass is 226 g/mol. The number of aliphatic hydroxyl groups is 1. The number of rotatable bonds is 4. The van der Waals surface area contributed by atoms with Gasteiger partial charge in [0.25, 0.3) is 0 Å². The first-order valence-electron chi connectivity index (χ1n) is 5.27. The molecule has 1 nitrogen and oxygen atoms in total. The van der Waals surface area contributed by atoms with Gasteiger partial charge in [-0.3, -0.25) is 0 Å². The minimum Gasteiger partial charge on any atom is -0.396 e. The summed E-state index contributed by atoms with van der Waals surface area (Å²) in [7, 11) is 0. The molecule has 1 atom stereocenters. The van der Waals surface area contributed by atoms with Crippen molar-refractivity contribution in [3.05, 3.63) is 29.6 Å². The largest absolute Gasteiger partial charge is 0.396 e. The summed E-state index contributed by atoms with van der Waals surface area (Å²) in [5.41, 5.74) is 0.871. The second kappa shape index (κ2) is 4.54. The first kappa shape index (κ1) is 11.0. The molecule has 1 aromatic carbocycles. The highest BCUT2D eigenvalue weighted by Crippen LogP contribution is 2.40. The molecule has 3 heteroatoms. The number of thioether (sulfide) groups is 1. The van der Waals surface area contributed by atoms with Crippen LogP contribution in [0.5, 0.6) is 0 Å². The summed E-state index contributed by atoms with van der Waals surface area (Å²) in [6.07, 6.45) is 2.41. The van der Waals surface area contributed by atoms with Gasteiger partial charge in [-0.15, -0.1) is 11.8 Å². The third-order valence-electron chi connectivity index (χ3n) is 2.62. The lowest BCUT2D eigenvalue weighted by atomic mass is 10.0. The highest BCUT2D eigenvalue weighted by atomic mass is 32.2. The summed E-state index contributed by atoms with van der Waals surface area (Å²) >= 11 is 1.63. The Morgan fingerprint density at radius 2 is 2.27 bits per heavy atom. The number of aliphatic hydroxyl groups excluding tert-OH is 1. The summed E-state index contributed by atoms with van der Waals surface area (Å²) < 4.78 is 13.6. The zero-order chi connectivity index (χ0) is 10.8. The summed E-state index contributed by atoms with van der Waals surface area (Å²) in [6.45, 7) is 1.96. The third-order valence-corrected chi connectivity index (χ3v) is 4.01. The summed E-state index contributed by atoms with van der Waals surface area (Å²) in [5, 5.41) is 9.60. The molecule has 0 radical (unpaired) electrons. The summed E-state index contributed by atoms with van der Waals surface area (Å²) in [6, 6.07) is 5.29. The van der Waals surface area contributed by atoms with Crippen molar-refractivity contribution in [1.29, 1.82) is 0 Å². The van der Waals surface area contributed by atoms with Crippen LogP contribution in [0.25, 0.3) is 0 Å². The van der Waals surface area contributed by atoms with E-state index in [4.69, 9.17) is 5.11 Å². The van der Waals surface area contributed by atoms with Crippen LogP contribution < -0.4 is 0 Å². The lowest BCUT2D eigenvalue weighted by Gasteiger charge is -2.10. The Bertz CT molecular complexity index is 349. The molecule has 1 N–H and O–H groups in total. The minimum absolute atomic E-state index is 0.0134. The van der Waals surface area contributed by atoms with Gasteiger partial charge in [-0.25, -0.2) is 4.39 Å². The van der Waals surface area contributed by atoms with Gasteiger partial charge in [-0.1, -0.05) is 13.0 Å². The summed E-state index contributed by atoms with van der Waals surface area (Å²) in [5.74, 6) is -0.135. The van der Waals surface area contributed by atoms with Gasteiger partial charge in [0.05, 0.1) is 0 Å². The Morgan fingerprint density at radius 1 is 1.53 bits per heavy atom. The second-order valence-corrected chi connectivity index (χ2v) is 5.43. The fraction of sp³-hybridized carbons (Fsp3) is 0.500. The zero-order valence-corrected chi connectivity index (χ0v) is 9.56. The van der Waals surface area contributed by atoms with Gasteiger partial charge in [-0.05, 0) is 30.5 Å². The normalized spacial score (nSPS) is 17.8. The van der Waals surface area contributed by atoms with E-state index in [0.29, 0.717) is 5.25 Å². The molecule has 0 amide bonds. The van der Waals surface area contributed by atoms with Crippen LogP contribution in [0.4, 0.5) is 4.39 Å². The van der Waals surface area contributed by atoms with Gasteiger partial charge in [0.2, 0.25) is 0 Å². The molecule has 1 saturated carbocycles. The number of hydrogen-bond acceptors (Lipinski definition) is 2. The zero-order valence-electron chi connectivity index (χ0n) is 8.74. The average molecular weight is 226 g/mol. The van der Waals surface area contributed by atoms with Crippen LogP contribution in [-0.2, 0) is 0 Å². The SMILES string of the molecule is CC(CO)c1ccc(SC2CC2)c(F)c1. The van der Waals surface area contributed by atoms with Crippen molar-refractivity contribution in [2.45, 2.75) is 35.8 Å². The van der Waals surface area contributed by atoms with Gasteiger partial charge >= 0.3 is 0 Å².